The number of thiophene rings is 1. The Hall–Kier alpha value is -0.160. The van der Waals surface area contributed by atoms with E-state index in [9.17, 15) is 0 Å². The lowest BCUT2D eigenvalue weighted by Gasteiger charge is -2.00. The summed E-state index contributed by atoms with van der Waals surface area (Å²) in [5.41, 5.74) is 0.733. The van der Waals surface area contributed by atoms with Crippen LogP contribution in [-0.2, 0) is 5.88 Å². The number of rotatable bonds is 2. The number of nitrogens with zero attached hydrogens (tertiary/aromatic N) is 2. The molecule has 0 N–H and O–H groups in total. The summed E-state index contributed by atoms with van der Waals surface area (Å²) in [4.78, 5) is 9.42. The fourth-order valence-electron chi connectivity index (χ4n) is 1.07. The molecule has 2 aromatic heterocycles. The molecule has 2 nitrogen and oxygen atoms in total. The van der Waals surface area contributed by atoms with Gasteiger partial charge in [-0.05, 0) is 28.1 Å². The number of alkyl halides is 1. The molecule has 6 heteroatoms. The Bertz CT molecular complexity index is 487. The van der Waals surface area contributed by atoms with Gasteiger partial charge in [0.15, 0.2) is 5.82 Å². The molecule has 2 rings (SSSR count). The second-order valence-corrected chi connectivity index (χ2v) is 5.25. The Labute approximate surface area is 109 Å². The molecule has 2 aromatic rings. The molecular formula is C9H5BrCl2N2S. The van der Waals surface area contributed by atoms with Gasteiger partial charge in [0.25, 0.3) is 0 Å². The smallest absolute Gasteiger partial charge is 0.171 e. The highest BCUT2D eigenvalue weighted by Crippen LogP contribution is 2.28. The minimum absolute atomic E-state index is 0.335. The van der Waals surface area contributed by atoms with Gasteiger partial charge in [-0.1, -0.05) is 11.6 Å². The van der Waals surface area contributed by atoms with Crippen LogP contribution in [0.25, 0.3) is 10.7 Å². The Balaban J connectivity index is 2.48. The summed E-state index contributed by atoms with van der Waals surface area (Å²) >= 11 is 16.5. The fraction of sp³-hybridized carbons (Fsp3) is 0.111. The number of halogens is 3. The van der Waals surface area contributed by atoms with Crippen molar-refractivity contribution in [2.45, 2.75) is 5.88 Å². The van der Waals surface area contributed by atoms with Gasteiger partial charge < -0.3 is 0 Å². The zero-order valence-electron chi connectivity index (χ0n) is 7.38. The quantitative estimate of drug-likeness (QED) is 0.606. The van der Waals surface area contributed by atoms with Gasteiger partial charge in [-0.3, -0.25) is 0 Å². The van der Waals surface area contributed by atoms with Gasteiger partial charge in [-0.2, -0.15) is 0 Å². The molecule has 0 saturated carbocycles. The van der Waals surface area contributed by atoms with Gasteiger partial charge in [0.05, 0.1) is 16.5 Å². The van der Waals surface area contributed by atoms with Crippen molar-refractivity contribution >= 4 is 50.5 Å². The average molecular weight is 324 g/mol. The molecule has 78 valence electrons. The summed E-state index contributed by atoms with van der Waals surface area (Å²) in [6.45, 7) is 0. The fourth-order valence-corrected chi connectivity index (χ4v) is 2.78. The van der Waals surface area contributed by atoms with Crippen LogP contribution in [-0.4, -0.2) is 9.97 Å². The Kier molecular flexibility index (Phi) is 3.61. The Morgan fingerprint density at radius 2 is 2.13 bits per heavy atom. The maximum Gasteiger partial charge on any atom is 0.171 e. The summed E-state index contributed by atoms with van der Waals surface area (Å²) in [6, 6.07) is 3.62. The largest absolute Gasteiger partial charge is 0.231 e. The first-order valence-electron chi connectivity index (χ1n) is 4.03. The Morgan fingerprint density at radius 3 is 2.73 bits per heavy atom. The van der Waals surface area contributed by atoms with E-state index in [0.29, 0.717) is 16.9 Å². The first-order valence-corrected chi connectivity index (χ1v) is 6.61. The van der Waals surface area contributed by atoms with E-state index >= 15 is 0 Å². The first kappa shape index (κ1) is 11.3. The van der Waals surface area contributed by atoms with Crippen LogP contribution in [0, 0.1) is 0 Å². The van der Waals surface area contributed by atoms with E-state index in [2.05, 4.69) is 25.9 Å². The molecule has 2 heterocycles. The highest BCUT2D eigenvalue weighted by atomic mass is 79.9. The summed E-state index contributed by atoms with van der Waals surface area (Å²) in [5, 5.41) is 2.39. The van der Waals surface area contributed by atoms with E-state index in [-0.39, 0.29) is 0 Å². The van der Waals surface area contributed by atoms with Crippen molar-refractivity contribution in [2.24, 2.45) is 0 Å². The maximum atomic E-state index is 5.87. The Morgan fingerprint density at radius 1 is 1.33 bits per heavy atom. The number of hydrogen-bond donors (Lipinski definition) is 0. The van der Waals surface area contributed by atoms with Crippen molar-refractivity contribution < 1.29 is 0 Å². The molecule has 0 aliphatic heterocycles. The second kappa shape index (κ2) is 4.78. The topological polar surface area (TPSA) is 25.8 Å². The van der Waals surface area contributed by atoms with Crippen LogP contribution in [0.3, 0.4) is 0 Å². The van der Waals surface area contributed by atoms with Crippen LogP contribution in [0.15, 0.2) is 22.0 Å². The summed E-state index contributed by atoms with van der Waals surface area (Å²) in [5.74, 6) is 0.954. The van der Waals surface area contributed by atoms with Crippen molar-refractivity contribution in [3.63, 3.8) is 0 Å². The number of aromatic nitrogens is 2. The van der Waals surface area contributed by atoms with E-state index < -0.39 is 0 Å². The van der Waals surface area contributed by atoms with Crippen LogP contribution in [0.5, 0.6) is 0 Å². The lowest BCUT2D eigenvalue weighted by atomic mass is 10.4. The standard InChI is InChI=1S/C9H5BrCl2N2S/c10-5-1-7(15-4-5)9-13-6(3-11)2-8(12)14-9/h1-2,4H,3H2. The van der Waals surface area contributed by atoms with Crippen molar-refractivity contribution in [3.8, 4) is 10.7 Å². The van der Waals surface area contributed by atoms with Crippen LogP contribution < -0.4 is 0 Å². The molecule has 0 bridgehead atoms. The third-order valence-corrected chi connectivity index (χ3v) is 3.83. The molecular weight excluding hydrogens is 319 g/mol. The van der Waals surface area contributed by atoms with E-state index in [1.807, 2.05) is 11.4 Å². The zero-order valence-corrected chi connectivity index (χ0v) is 11.3. The van der Waals surface area contributed by atoms with Gasteiger partial charge in [-0.15, -0.1) is 22.9 Å². The van der Waals surface area contributed by atoms with E-state index in [0.717, 1.165) is 15.0 Å². The van der Waals surface area contributed by atoms with Crippen LogP contribution in [0.4, 0.5) is 0 Å². The van der Waals surface area contributed by atoms with Crippen molar-refractivity contribution in [1.29, 1.82) is 0 Å². The third kappa shape index (κ3) is 2.69. The molecule has 0 saturated heterocycles. The van der Waals surface area contributed by atoms with Crippen molar-refractivity contribution in [1.82, 2.24) is 9.97 Å². The molecule has 0 fully saturated rings. The third-order valence-electron chi connectivity index (χ3n) is 1.67. The van der Waals surface area contributed by atoms with E-state index in [1.54, 1.807) is 17.4 Å². The minimum atomic E-state index is 0.335. The minimum Gasteiger partial charge on any atom is -0.231 e. The lowest BCUT2D eigenvalue weighted by Crippen LogP contribution is -1.92. The molecule has 0 amide bonds. The normalized spacial score (nSPS) is 10.6. The number of hydrogen-bond acceptors (Lipinski definition) is 3. The summed E-state index contributed by atoms with van der Waals surface area (Å²) in [6.07, 6.45) is 0. The molecule has 15 heavy (non-hydrogen) atoms. The van der Waals surface area contributed by atoms with Gasteiger partial charge in [-0.25, -0.2) is 9.97 Å². The van der Waals surface area contributed by atoms with E-state index in [4.69, 9.17) is 23.2 Å². The first-order chi connectivity index (χ1) is 7.19. The predicted octanol–water partition coefficient (Wildman–Crippen LogP) is 4.36. The molecule has 0 aliphatic rings. The van der Waals surface area contributed by atoms with Gasteiger partial charge >= 0.3 is 0 Å². The highest BCUT2D eigenvalue weighted by Gasteiger charge is 2.07. The predicted molar refractivity (Wildman–Crippen MR) is 67.6 cm³/mol. The molecule has 0 aliphatic carbocycles. The molecule has 0 unspecified atom stereocenters. The van der Waals surface area contributed by atoms with Gasteiger partial charge in [0.2, 0.25) is 0 Å². The highest BCUT2D eigenvalue weighted by molar-refractivity contribution is 9.10. The average Bonchev–Trinajstić information content (AvgIpc) is 2.64. The van der Waals surface area contributed by atoms with Crippen LogP contribution >= 0.6 is 50.5 Å². The maximum absolute atomic E-state index is 5.87. The zero-order chi connectivity index (χ0) is 10.8. The monoisotopic (exact) mass is 322 g/mol. The van der Waals surface area contributed by atoms with Crippen LogP contribution in [0.1, 0.15) is 5.69 Å². The van der Waals surface area contributed by atoms with E-state index in [1.165, 1.54) is 0 Å². The van der Waals surface area contributed by atoms with Crippen LogP contribution in [0.2, 0.25) is 5.15 Å². The lowest BCUT2D eigenvalue weighted by molar-refractivity contribution is 1.10. The summed E-state index contributed by atoms with van der Waals surface area (Å²) < 4.78 is 1.01. The SMILES string of the molecule is ClCc1cc(Cl)nc(-c2cc(Br)cs2)n1. The summed E-state index contributed by atoms with van der Waals surface area (Å²) in [7, 11) is 0. The van der Waals surface area contributed by atoms with Gasteiger partial charge in [0, 0.05) is 9.85 Å². The molecule has 0 spiro atoms. The molecule has 0 atom stereocenters. The molecule has 0 aromatic carbocycles. The van der Waals surface area contributed by atoms with Crippen molar-refractivity contribution in [3.05, 3.63) is 32.8 Å². The second-order valence-electron chi connectivity index (χ2n) is 2.77. The molecule has 0 radical (unpaired) electrons. The van der Waals surface area contributed by atoms with Gasteiger partial charge in [0.1, 0.15) is 5.15 Å². The van der Waals surface area contributed by atoms with Crippen molar-refractivity contribution in [2.75, 3.05) is 0 Å².